The minimum Gasteiger partial charge on any atom is -0.312 e. The Morgan fingerprint density at radius 1 is 0.259 bits per heavy atom. The lowest BCUT2D eigenvalue weighted by Crippen LogP contribution is -2.58. The summed E-state index contributed by atoms with van der Waals surface area (Å²) in [6.07, 6.45) is 0. The summed E-state index contributed by atoms with van der Waals surface area (Å²) in [5.74, 6) is 0. The quantitative estimate of drug-likeness (QED) is 0.167. The first kappa shape index (κ1) is 31.9. The average Bonchev–Trinajstić information content (AvgIpc) is 3.81. The van der Waals surface area contributed by atoms with E-state index in [1.807, 2.05) is 0 Å². The van der Waals surface area contributed by atoms with E-state index in [-0.39, 0.29) is 13.4 Å². The Morgan fingerprint density at radius 2 is 0.759 bits per heavy atom. The van der Waals surface area contributed by atoms with Crippen LogP contribution in [0.4, 0.5) is 34.1 Å². The van der Waals surface area contributed by atoms with Gasteiger partial charge in [0.1, 0.15) is 0 Å². The van der Waals surface area contributed by atoms with Crippen LogP contribution in [0.1, 0.15) is 0 Å². The molecule has 0 amide bonds. The summed E-state index contributed by atoms with van der Waals surface area (Å²) in [6, 6.07) is 76.9. The highest BCUT2D eigenvalue weighted by Gasteiger charge is 2.47. The Labute approximate surface area is 339 Å². The van der Waals surface area contributed by atoms with Crippen LogP contribution in [0.15, 0.2) is 206 Å². The fourth-order valence-corrected chi connectivity index (χ4v) is 10.7. The third-order valence-corrected chi connectivity index (χ3v) is 13.0. The maximum absolute atomic E-state index is 2.57. The molecule has 9 aromatic rings. The van der Waals surface area contributed by atoms with Crippen molar-refractivity contribution in [3.05, 3.63) is 206 Å². The summed E-state index contributed by atoms with van der Waals surface area (Å²) in [7, 11) is 0. The van der Waals surface area contributed by atoms with Crippen LogP contribution in [0, 0.1) is 0 Å². The molecule has 0 saturated heterocycles. The topological polar surface area (TPSA) is 6.48 Å². The molecule has 4 aliphatic rings. The summed E-state index contributed by atoms with van der Waals surface area (Å²) in [4.78, 5) is 5.10. The number of rotatable bonds is 4. The van der Waals surface area contributed by atoms with Gasteiger partial charge in [-0.2, -0.15) is 0 Å². The second-order valence-electron chi connectivity index (χ2n) is 16.0. The van der Waals surface area contributed by atoms with E-state index in [0.717, 1.165) is 0 Å². The van der Waals surface area contributed by atoms with Crippen molar-refractivity contribution in [1.29, 1.82) is 0 Å². The minimum absolute atomic E-state index is 0.0659. The highest BCUT2D eigenvalue weighted by molar-refractivity contribution is 7.03. The number of fused-ring (bicyclic) bond motifs is 10. The number of para-hydroxylation sites is 2. The van der Waals surface area contributed by atoms with Crippen molar-refractivity contribution in [3.8, 4) is 44.5 Å². The molecule has 4 aliphatic heterocycles. The molecule has 13 rings (SSSR count). The zero-order valence-electron chi connectivity index (χ0n) is 31.7. The van der Waals surface area contributed by atoms with Crippen LogP contribution in [-0.4, -0.2) is 13.4 Å². The normalized spacial score (nSPS) is 13.4. The van der Waals surface area contributed by atoms with E-state index < -0.39 is 0 Å². The maximum Gasteiger partial charge on any atom is 0.248 e. The van der Waals surface area contributed by atoms with Crippen LogP contribution in [0.2, 0.25) is 0 Å². The van der Waals surface area contributed by atoms with E-state index in [1.54, 1.807) is 0 Å². The van der Waals surface area contributed by atoms with Crippen LogP contribution in [0.5, 0.6) is 0 Å². The Bertz CT molecular complexity index is 3130. The predicted octanol–water partition coefficient (Wildman–Crippen LogP) is 9.58. The second kappa shape index (κ2) is 12.1. The summed E-state index contributed by atoms with van der Waals surface area (Å²) >= 11 is 0. The molecule has 2 nitrogen and oxygen atoms in total. The smallest absolute Gasteiger partial charge is 0.248 e. The Kier molecular flexibility index (Phi) is 6.65. The molecule has 0 unspecified atom stereocenters. The Morgan fingerprint density at radius 3 is 1.41 bits per heavy atom. The van der Waals surface area contributed by atoms with Crippen molar-refractivity contribution in [1.82, 2.24) is 0 Å². The van der Waals surface area contributed by atoms with Crippen molar-refractivity contribution in [2.75, 3.05) is 9.80 Å². The molecule has 0 bridgehead atoms. The summed E-state index contributed by atoms with van der Waals surface area (Å²) < 4.78 is 0. The number of hydrogen-bond donors (Lipinski definition) is 0. The molecule has 58 heavy (non-hydrogen) atoms. The predicted molar refractivity (Wildman–Crippen MR) is 247 cm³/mol. The number of nitrogens with zero attached hydrogens (tertiary/aromatic N) is 2. The van der Waals surface area contributed by atoms with Crippen molar-refractivity contribution >= 4 is 80.3 Å². The van der Waals surface area contributed by atoms with Crippen LogP contribution in [-0.2, 0) is 0 Å². The molecule has 4 heteroatoms. The zero-order valence-corrected chi connectivity index (χ0v) is 31.7. The summed E-state index contributed by atoms with van der Waals surface area (Å²) in [5.41, 5.74) is 25.8. The van der Waals surface area contributed by atoms with Gasteiger partial charge in [0.25, 0.3) is 0 Å². The first-order valence-corrected chi connectivity index (χ1v) is 20.3. The Balaban J connectivity index is 1.14. The Hall–Kier alpha value is -7.29. The zero-order chi connectivity index (χ0) is 37.9. The van der Waals surface area contributed by atoms with Gasteiger partial charge < -0.3 is 9.80 Å². The lowest BCUT2D eigenvalue weighted by atomic mass is 9.34. The molecule has 0 N–H and O–H groups in total. The third-order valence-electron chi connectivity index (χ3n) is 13.0. The molecule has 266 valence electrons. The van der Waals surface area contributed by atoms with Gasteiger partial charge in [-0.05, 0) is 127 Å². The molecule has 0 fully saturated rings. The van der Waals surface area contributed by atoms with Gasteiger partial charge in [0.15, 0.2) is 0 Å². The maximum atomic E-state index is 2.57. The van der Waals surface area contributed by atoms with Gasteiger partial charge in [-0.1, -0.05) is 157 Å². The van der Waals surface area contributed by atoms with Gasteiger partial charge in [-0.25, -0.2) is 0 Å². The van der Waals surface area contributed by atoms with Crippen LogP contribution >= 0.6 is 0 Å². The van der Waals surface area contributed by atoms with Gasteiger partial charge in [0.05, 0.1) is 0 Å². The number of benzene rings is 9. The van der Waals surface area contributed by atoms with E-state index >= 15 is 0 Å². The summed E-state index contributed by atoms with van der Waals surface area (Å²) in [6.45, 7) is 0.188. The van der Waals surface area contributed by atoms with E-state index in [1.165, 1.54) is 111 Å². The standard InChI is InChI=1S/C54H34B2N2/c1-5-16-35(17-6-1)37-28-29-46-43(30-37)44-31-38(36-18-7-2-8-19-36)32-52-54(44)56(46)48-33-50-47(34-51(48)58(52)40-22-11-4-12-23-40)55-45-26-14-13-24-41(45)42-25-15-27-49(53(42)55)57(50)39-20-9-3-10-21-39/h1-34H. The van der Waals surface area contributed by atoms with E-state index in [2.05, 4.69) is 216 Å². The van der Waals surface area contributed by atoms with Gasteiger partial charge in [-0.15, -0.1) is 0 Å². The molecule has 9 aromatic carbocycles. The lowest BCUT2D eigenvalue weighted by Gasteiger charge is -2.41. The highest BCUT2D eigenvalue weighted by Crippen LogP contribution is 2.46. The van der Waals surface area contributed by atoms with Gasteiger partial charge >= 0.3 is 0 Å². The molecule has 0 aromatic heterocycles. The van der Waals surface area contributed by atoms with Crippen LogP contribution in [0.25, 0.3) is 44.5 Å². The first-order valence-electron chi connectivity index (χ1n) is 20.3. The molecule has 0 aliphatic carbocycles. The van der Waals surface area contributed by atoms with Crippen molar-refractivity contribution in [2.24, 2.45) is 0 Å². The molecule has 0 spiro atoms. The van der Waals surface area contributed by atoms with Gasteiger partial charge in [0, 0.05) is 34.1 Å². The minimum atomic E-state index is 0.0659. The second-order valence-corrected chi connectivity index (χ2v) is 16.0. The average molecular weight is 733 g/mol. The number of anilines is 6. The van der Waals surface area contributed by atoms with Crippen molar-refractivity contribution in [3.63, 3.8) is 0 Å². The largest absolute Gasteiger partial charge is 0.312 e. The molecular weight excluding hydrogens is 698 g/mol. The highest BCUT2D eigenvalue weighted by atomic mass is 15.2. The van der Waals surface area contributed by atoms with Crippen molar-refractivity contribution in [2.45, 2.75) is 0 Å². The lowest BCUT2D eigenvalue weighted by molar-refractivity contribution is 1.27. The van der Waals surface area contributed by atoms with Gasteiger partial charge in [-0.3, -0.25) is 0 Å². The summed E-state index contributed by atoms with van der Waals surface area (Å²) in [5, 5.41) is 0. The fraction of sp³-hybridized carbons (Fsp3) is 0. The van der Waals surface area contributed by atoms with Crippen LogP contribution in [0.3, 0.4) is 0 Å². The van der Waals surface area contributed by atoms with E-state index in [4.69, 9.17) is 0 Å². The van der Waals surface area contributed by atoms with Crippen LogP contribution < -0.4 is 42.6 Å². The third kappa shape index (κ3) is 4.40. The molecule has 4 heterocycles. The monoisotopic (exact) mass is 732 g/mol. The SMILES string of the molecule is c1ccc(-c2ccc3c(c2)-c2cc(-c4ccccc4)cc4c2B3c2cc3c(cc2N4c2ccccc2)B2c4ccccc4-c4cccc(c42)N3c2ccccc2)cc1. The number of hydrogen-bond acceptors (Lipinski definition) is 2. The molecule has 0 atom stereocenters. The van der Waals surface area contributed by atoms with E-state index in [9.17, 15) is 0 Å². The molecular formula is C54H34B2N2. The fourth-order valence-electron chi connectivity index (χ4n) is 10.7. The van der Waals surface area contributed by atoms with Crippen molar-refractivity contribution < 1.29 is 0 Å². The molecule has 0 radical (unpaired) electrons. The first-order chi connectivity index (χ1) is 28.8. The van der Waals surface area contributed by atoms with Gasteiger partial charge in [0.2, 0.25) is 13.4 Å². The van der Waals surface area contributed by atoms with E-state index in [0.29, 0.717) is 0 Å². The molecule has 0 saturated carbocycles.